The van der Waals surface area contributed by atoms with Crippen molar-refractivity contribution in [2.45, 2.75) is 20.0 Å². The van der Waals surface area contributed by atoms with Gasteiger partial charge in [0, 0.05) is 11.1 Å². The molecule has 0 bridgehead atoms. The van der Waals surface area contributed by atoms with Crippen LogP contribution in [0.5, 0.6) is 0 Å². The minimum atomic E-state index is -4.48. The fourth-order valence-electron chi connectivity index (χ4n) is 2.76. The van der Waals surface area contributed by atoms with Gasteiger partial charge in [-0.25, -0.2) is 0 Å². The van der Waals surface area contributed by atoms with Crippen LogP contribution < -0.4 is 0 Å². The zero-order chi connectivity index (χ0) is 20.9. The molecular weight excluding hydrogens is 377 g/mol. The maximum Gasteiger partial charge on any atom is 0.416 e. The predicted octanol–water partition coefficient (Wildman–Crippen LogP) is 7.12. The van der Waals surface area contributed by atoms with Crippen molar-refractivity contribution in [2.75, 3.05) is 0 Å². The second kappa shape index (κ2) is 8.73. The number of hydrogen-bond acceptors (Lipinski definition) is 3. The molecule has 0 aliphatic rings. The highest BCUT2D eigenvalue weighted by molar-refractivity contribution is 5.72. The van der Waals surface area contributed by atoms with Crippen LogP contribution in [0.2, 0.25) is 0 Å². The molecule has 0 saturated heterocycles. The minimum Gasteiger partial charge on any atom is -0.334 e. The van der Waals surface area contributed by atoms with Crippen molar-refractivity contribution in [1.29, 1.82) is 0 Å². The molecule has 0 radical (unpaired) electrons. The molecule has 0 fully saturated rings. The number of hydrogen-bond donors (Lipinski definition) is 0. The minimum absolute atomic E-state index is 0.0390. The molecule has 3 aromatic carbocycles. The first kappa shape index (κ1) is 20.3. The third kappa shape index (κ3) is 4.71. The fraction of sp³-hybridized carbons (Fsp3) is 0.130. The maximum absolute atomic E-state index is 13.4. The Hall–Kier alpha value is -3.41. The van der Waals surface area contributed by atoms with Gasteiger partial charge < -0.3 is 4.52 Å². The first-order valence-corrected chi connectivity index (χ1v) is 9.18. The lowest BCUT2D eigenvalue weighted by molar-refractivity contribution is -0.137. The molecule has 0 N–H and O–H groups in total. The Labute approximate surface area is 166 Å². The van der Waals surface area contributed by atoms with Gasteiger partial charge in [-0.1, -0.05) is 79.7 Å². The number of nitrogens with zero attached hydrogens (tertiary/aromatic N) is 2. The Morgan fingerprint density at radius 1 is 0.690 bits per heavy atom. The summed E-state index contributed by atoms with van der Waals surface area (Å²) < 4.78 is 45.4. The summed E-state index contributed by atoms with van der Waals surface area (Å²) in [5.41, 5.74) is 1.28. The topological polar surface area (TPSA) is 38.9 Å². The molecule has 148 valence electrons. The van der Waals surface area contributed by atoms with Crippen LogP contribution in [0.15, 0.2) is 83.4 Å². The monoisotopic (exact) mass is 396 g/mol. The van der Waals surface area contributed by atoms with E-state index in [1.807, 2.05) is 38.1 Å². The molecule has 3 nitrogen and oxygen atoms in total. The lowest BCUT2D eigenvalue weighted by atomic mass is 9.99. The van der Waals surface area contributed by atoms with Gasteiger partial charge in [0.1, 0.15) is 0 Å². The van der Waals surface area contributed by atoms with E-state index in [1.165, 1.54) is 0 Å². The summed E-state index contributed by atoms with van der Waals surface area (Å²) >= 11 is 0. The van der Waals surface area contributed by atoms with Crippen LogP contribution in [-0.4, -0.2) is 10.1 Å². The Balaban J connectivity index is 0.00000117. The Morgan fingerprint density at radius 3 is 1.83 bits per heavy atom. The van der Waals surface area contributed by atoms with E-state index in [0.29, 0.717) is 17.0 Å². The summed E-state index contributed by atoms with van der Waals surface area (Å²) in [4.78, 5) is 4.26. The van der Waals surface area contributed by atoms with Crippen LogP contribution in [0.1, 0.15) is 19.4 Å². The smallest absolute Gasteiger partial charge is 0.334 e. The third-order valence-corrected chi connectivity index (χ3v) is 4.07. The summed E-state index contributed by atoms with van der Waals surface area (Å²) in [6.45, 7) is 4.00. The third-order valence-electron chi connectivity index (χ3n) is 4.07. The normalized spacial score (nSPS) is 10.9. The highest BCUT2D eigenvalue weighted by Gasteiger charge is 2.32. The number of halogens is 3. The van der Waals surface area contributed by atoms with Crippen LogP contribution in [-0.2, 0) is 6.18 Å². The lowest BCUT2D eigenvalue weighted by Crippen LogP contribution is -2.05. The van der Waals surface area contributed by atoms with E-state index < -0.39 is 11.7 Å². The van der Waals surface area contributed by atoms with E-state index >= 15 is 0 Å². The van der Waals surface area contributed by atoms with Crippen molar-refractivity contribution < 1.29 is 17.7 Å². The molecule has 6 heteroatoms. The second-order valence-corrected chi connectivity index (χ2v) is 5.95. The largest absolute Gasteiger partial charge is 0.416 e. The van der Waals surface area contributed by atoms with E-state index in [0.717, 1.165) is 17.7 Å². The Kier molecular flexibility index (Phi) is 6.12. The fourth-order valence-corrected chi connectivity index (χ4v) is 2.76. The standard InChI is InChI=1S/C21H13F3N2O.C2H6/c22-21(23,24)18-12-16(14-7-3-1-4-8-14)11-17(13-18)20-25-19(26-27-20)15-9-5-2-6-10-15;1-2/h1-13H;1-2H3. The van der Waals surface area contributed by atoms with Crippen LogP contribution in [0, 0.1) is 0 Å². The van der Waals surface area contributed by atoms with Crippen LogP contribution in [0.25, 0.3) is 34.0 Å². The van der Waals surface area contributed by atoms with Gasteiger partial charge in [0.05, 0.1) is 5.56 Å². The molecule has 0 aliphatic heterocycles. The number of benzene rings is 3. The second-order valence-electron chi connectivity index (χ2n) is 5.95. The first-order chi connectivity index (χ1) is 14.0. The summed E-state index contributed by atoms with van der Waals surface area (Å²) in [5, 5.41) is 3.89. The molecule has 0 saturated carbocycles. The number of rotatable bonds is 3. The molecule has 1 heterocycles. The molecule has 0 atom stereocenters. The van der Waals surface area contributed by atoms with E-state index in [9.17, 15) is 13.2 Å². The highest BCUT2D eigenvalue weighted by Crippen LogP contribution is 2.36. The maximum atomic E-state index is 13.4. The number of aromatic nitrogens is 2. The zero-order valence-electron chi connectivity index (χ0n) is 15.9. The van der Waals surface area contributed by atoms with Gasteiger partial charge in [-0.15, -0.1) is 0 Å². The molecule has 0 unspecified atom stereocenters. The van der Waals surface area contributed by atoms with Gasteiger partial charge in [-0.2, -0.15) is 18.2 Å². The van der Waals surface area contributed by atoms with E-state index in [-0.39, 0.29) is 11.5 Å². The van der Waals surface area contributed by atoms with Crippen LogP contribution >= 0.6 is 0 Å². The van der Waals surface area contributed by atoms with Gasteiger partial charge >= 0.3 is 6.18 Å². The quantitative estimate of drug-likeness (QED) is 0.370. The van der Waals surface area contributed by atoms with E-state index in [4.69, 9.17) is 4.52 Å². The van der Waals surface area contributed by atoms with Crippen molar-refractivity contribution in [1.82, 2.24) is 10.1 Å². The van der Waals surface area contributed by atoms with Crippen molar-refractivity contribution >= 4 is 0 Å². The predicted molar refractivity (Wildman–Crippen MR) is 107 cm³/mol. The zero-order valence-corrected chi connectivity index (χ0v) is 15.9. The molecule has 29 heavy (non-hydrogen) atoms. The highest BCUT2D eigenvalue weighted by atomic mass is 19.4. The molecular formula is C23H19F3N2O. The average molecular weight is 396 g/mol. The van der Waals surface area contributed by atoms with Gasteiger partial charge in [-0.05, 0) is 29.3 Å². The molecule has 1 aromatic heterocycles. The van der Waals surface area contributed by atoms with Gasteiger partial charge in [0.2, 0.25) is 5.82 Å². The van der Waals surface area contributed by atoms with E-state index in [2.05, 4.69) is 10.1 Å². The van der Waals surface area contributed by atoms with Crippen LogP contribution in [0.3, 0.4) is 0 Å². The Morgan fingerprint density at radius 2 is 1.24 bits per heavy atom. The van der Waals surface area contributed by atoms with Crippen molar-refractivity contribution in [2.24, 2.45) is 0 Å². The summed E-state index contributed by atoms with van der Waals surface area (Å²) in [6, 6.07) is 21.7. The average Bonchev–Trinajstić information content (AvgIpc) is 3.26. The summed E-state index contributed by atoms with van der Waals surface area (Å²) in [6.07, 6.45) is -4.48. The summed E-state index contributed by atoms with van der Waals surface area (Å²) in [5.74, 6) is 0.362. The summed E-state index contributed by atoms with van der Waals surface area (Å²) in [7, 11) is 0. The lowest BCUT2D eigenvalue weighted by Gasteiger charge is -2.11. The molecule has 0 spiro atoms. The molecule has 0 aliphatic carbocycles. The van der Waals surface area contributed by atoms with Gasteiger partial charge in [0.25, 0.3) is 5.89 Å². The molecule has 4 aromatic rings. The molecule has 0 amide bonds. The number of alkyl halides is 3. The van der Waals surface area contributed by atoms with Gasteiger partial charge in [0.15, 0.2) is 0 Å². The van der Waals surface area contributed by atoms with Crippen molar-refractivity contribution in [3.63, 3.8) is 0 Å². The Bertz CT molecular complexity index is 1060. The van der Waals surface area contributed by atoms with E-state index in [1.54, 1.807) is 42.5 Å². The van der Waals surface area contributed by atoms with Gasteiger partial charge in [-0.3, -0.25) is 0 Å². The van der Waals surface area contributed by atoms with Crippen molar-refractivity contribution in [3.8, 4) is 34.0 Å². The van der Waals surface area contributed by atoms with Crippen LogP contribution in [0.4, 0.5) is 13.2 Å². The van der Waals surface area contributed by atoms with Crippen molar-refractivity contribution in [3.05, 3.63) is 84.4 Å². The molecule has 4 rings (SSSR count). The SMILES string of the molecule is CC.FC(F)(F)c1cc(-c2ccccc2)cc(-c2nc(-c3ccccc3)no2)c1. The first-order valence-electron chi connectivity index (χ1n) is 9.18.